The van der Waals surface area contributed by atoms with Crippen molar-refractivity contribution in [3.63, 3.8) is 0 Å². The molecule has 1 atom stereocenters. The number of tetrazole rings is 1. The first-order valence-electron chi connectivity index (χ1n) is 5.54. The zero-order chi connectivity index (χ0) is 11.1. The fraction of sp³-hybridized carbons (Fsp3) is 0.600. The van der Waals surface area contributed by atoms with Crippen LogP contribution in [0.5, 0.6) is 0 Å². The highest BCUT2D eigenvalue weighted by molar-refractivity contribution is 5.44. The Bertz CT molecular complexity index is 503. The molecule has 0 radical (unpaired) electrons. The van der Waals surface area contributed by atoms with E-state index in [1.165, 1.54) is 17.5 Å². The van der Waals surface area contributed by atoms with Crippen LogP contribution in [0.15, 0.2) is 12.1 Å². The Kier molecular flexibility index (Phi) is 2.02. The molecule has 0 bridgehead atoms. The van der Waals surface area contributed by atoms with Crippen molar-refractivity contribution < 1.29 is 0 Å². The van der Waals surface area contributed by atoms with Crippen LogP contribution >= 0.6 is 0 Å². The summed E-state index contributed by atoms with van der Waals surface area (Å²) < 4.78 is 1.46. The molecule has 3 rings (SSSR count). The van der Waals surface area contributed by atoms with Crippen LogP contribution in [0, 0.1) is 5.92 Å². The Labute approximate surface area is 93.2 Å². The number of aromatic nitrogens is 5. The summed E-state index contributed by atoms with van der Waals surface area (Å²) in [5.41, 5.74) is 0.677. The molecule has 2 aromatic rings. The molecule has 0 amide bonds. The number of hydrogen-bond acceptors (Lipinski definition) is 5. The summed E-state index contributed by atoms with van der Waals surface area (Å²) in [6.45, 7) is 2.24. The molecule has 2 aromatic heterocycles. The highest BCUT2D eigenvalue weighted by Crippen LogP contribution is 2.35. The Morgan fingerprint density at radius 1 is 1.44 bits per heavy atom. The van der Waals surface area contributed by atoms with Gasteiger partial charge in [-0.25, -0.2) is 0 Å². The molecule has 6 heteroatoms. The predicted molar refractivity (Wildman–Crippen MR) is 59.2 cm³/mol. The van der Waals surface area contributed by atoms with Crippen molar-refractivity contribution in [1.82, 2.24) is 25.3 Å². The second kappa shape index (κ2) is 3.40. The monoisotopic (exact) mass is 218 g/mol. The summed E-state index contributed by atoms with van der Waals surface area (Å²) >= 11 is 0. The van der Waals surface area contributed by atoms with Gasteiger partial charge in [0.15, 0.2) is 11.5 Å². The molecular weight excluding hydrogens is 204 g/mol. The molecule has 1 aliphatic rings. The van der Waals surface area contributed by atoms with Gasteiger partial charge in [-0.05, 0) is 48.2 Å². The van der Waals surface area contributed by atoms with Crippen LogP contribution in [0.2, 0.25) is 0 Å². The van der Waals surface area contributed by atoms with E-state index >= 15 is 0 Å². The van der Waals surface area contributed by atoms with Crippen LogP contribution in [0.4, 0.5) is 5.82 Å². The van der Waals surface area contributed by atoms with Crippen molar-refractivity contribution in [2.24, 2.45) is 5.92 Å². The van der Waals surface area contributed by atoms with Crippen LogP contribution in [-0.2, 0) is 0 Å². The van der Waals surface area contributed by atoms with Gasteiger partial charge in [0.05, 0.1) is 0 Å². The van der Waals surface area contributed by atoms with Crippen LogP contribution in [0.25, 0.3) is 5.65 Å². The maximum atomic E-state index is 4.37. The molecule has 2 heterocycles. The van der Waals surface area contributed by atoms with Crippen LogP contribution in [0.3, 0.4) is 0 Å². The van der Waals surface area contributed by atoms with Crippen molar-refractivity contribution in [1.29, 1.82) is 0 Å². The summed E-state index contributed by atoms with van der Waals surface area (Å²) in [4.78, 5) is 2.19. The van der Waals surface area contributed by atoms with Gasteiger partial charge in [0.2, 0.25) is 0 Å². The first-order chi connectivity index (χ1) is 7.75. The third kappa shape index (κ3) is 1.50. The molecule has 6 nitrogen and oxygen atoms in total. The first kappa shape index (κ1) is 9.50. The molecule has 0 N–H and O–H groups in total. The zero-order valence-electron chi connectivity index (χ0n) is 9.41. The molecule has 0 unspecified atom stereocenters. The maximum absolute atomic E-state index is 4.37. The van der Waals surface area contributed by atoms with Gasteiger partial charge in [0, 0.05) is 13.1 Å². The van der Waals surface area contributed by atoms with E-state index < -0.39 is 0 Å². The van der Waals surface area contributed by atoms with E-state index in [1.807, 2.05) is 12.1 Å². The van der Waals surface area contributed by atoms with Crippen LogP contribution in [0.1, 0.15) is 19.8 Å². The lowest BCUT2D eigenvalue weighted by molar-refractivity contribution is 0.594. The lowest BCUT2D eigenvalue weighted by Gasteiger charge is -2.25. The summed E-state index contributed by atoms with van der Waals surface area (Å²) in [7, 11) is 2.07. The van der Waals surface area contributed by atoms with E-state index in [0.29, 0.717) is 11.7 Å². The fourth-order valence-electron chi connectivity index (χ4n) is 1.93. The van der Waals surface area contributed by atoms with Gasteiger partial charge in [-0.3, -0.25) is 0 Å². The van der Waals surface area contributed by atoms with Crippen molar-refractivity contribution in [2.45, 2.75) is 25.8 Å². The molecular formula is C10H14N6. The van der Waals surface area contributed by atoms with Gasteiger partial charge in [0.1, 0.15) is 0 Å². The van der Waals surface area contributed by atoms with Crippen molar-refractivity contribution >= 4 is 11.5 Å². The van der Waals surface area contributed by atoms with Gasteiger partial charge in [-0.15, -0.1) is 14.8 Å². The van der Waals surface area contributed by atoms with E-state index in [9.17, 15) is 0 Å². The SMILES string of the molecule is C[C@@H](C1CC1)N(C)c1ccc2nnnn2n1. The third-order valence-corrected chi connectivity index (χ3v) is 3.33. The largest absolute Gasteiger partial charge is 0.355 e. The molecule has 84 valence electrons. The highest BCUT2D eigenvalue weighted by atomic mass is 15.6. The summed E-state index contributed by atoms with van der Waals surface area (Å²) in [6, 6.07) is 4.38. The van der Waals surface area contributed by atoms with Crippen molar-refractivity contribution in [3.05, 3.63) is 12.1 Å². The van der Waals surface area contributed by atoms with E-state index in [2.05, 4.69) is 39.5 Å². The van der Waals surface area contributed by atoms with E-state index in [4.69, 9.17) is 0 Å². The topological polar surface area (TPSA) is 59.2 Å². The minimum atomic E-state index is 0.529. The van der Waals surface area contributed by atoms with Crippen LogP contribution in [-0.4, -0.2) is 38.3 Å². The number of nitrogens with zero attached hydrogens (tertiary/aromatic N) is 6. The maximum Gasteiger partial charge on any atom is 0.200 e. The van der Waals surface area contributed by atoms with E-state index in [0.717, 1.165) is 11.7 Å². The highest BCUT2D eigenvalue weighted by Gasteiger charge is 2.31. The standard InChI is InChI=1S/C10H14N6/c1-7(8-3-4-8)15(2)10-6-5-9-11-13-14-16(9)12-10/h5-8H,3-4H2,1-2H3/t7-/m0/s1. The van der Waals surface area contributed by atoms with Gasteiger partial charge >= 0.3 is 0 Å². The molecule has 0 saturated heterocycles. The normalized spacial score (nSPS) is 17.6. The zero-order valence-corrected chi connectivity index (χ0v) is 9.41. The molecule has 0 aliphatic heterocycles. The molecule has 0 spiro atoms. The Morgan fingerprint density at radius 2 is 2.25 bits per heavy atom. The fourth-order valence-corrected chi connectivity index (χ4v) is 1.93. The van der Waals surface area contributed by atoms with Crippen LogP contribution < -0.4 is 4.90 Å². The summed E-state index contributed by atoms with van der Waals surface area (Å²) in [5.74, 6) is 1.73. The Hall–Kier alpha value is -1.72. The molecule has 1 aliphatic carbocycles. The van der Waals surface area contributed by atoms with Gasteiger partial charge < -0.3 is 4.90 Å². The van der Waals surface area contributed by atoms with Crippen molar-refractivity contribution in [2.75, 3.05) is 11.9 Å². The minimum Gasteiger partial charge on any atom is -0.355 e. The Morgan fingerprint density at radius 3 is 3.00 bits per heavy atom. The number of rotatable bonds is 3. The average Bonchev–Trinajstić information content (AvgIpc) is 3.05. The molecule has 1 saturated carbocycles. The smallest absolute Gasteiger partial charge is 0.200 e. The molecule has 1 fully saturated rings. The predicted octanol–water partition coefficient (Wildman–Crippen LogP) is 0.754. The average molecular weight is 218 g/mol. The third-order valence-electron chi connectivity index (χ3n) is 3.33. The second-order valence-electron chi connectivity index (χ2n) is 4.41. The molecule has 16 heavy (non-hydrogen) atoms. The number of fused-ring (bicyclic) bond motifs is 1. The summed E-state index contributed by atoms with van der Waals surface area (Å²) in [6.07, 6.45) is 2.66. The van der Waals surface area contributed by atoms with Gasteiger partial charge in [0.25, 0.3) is 0 Å². The Balaban J connectivity index is 1.91. The molecule has 0 aromatic carbocycles. The first-order valence-corrected chi connectivity index (χ1v) is 5.54. The second-order valence-corrected chi connectivity index (χ2v) is 4.41. The lowest BCUT2D eigenvalue weighted by Crippen LogP contribution is -2.31. The van der Waals surface area contributed by atoms with E-state index in [-0.39, 0.29) is 0 Å². The van der Waals surface area contributed by atoms with E-state index in [1.54, 1.807) is 0 Å². The minimum absolute atomic E-state index is 0.529. The van der Waals surface area contributed by atoms with Gasteiger partial charge in [-0.1, -0.05) is 0 Å². The van der Waals surface area contributed by atoms with Gasteiger partial charge in [-0.2, -0.15) is 0 Å². The van der Waals surface area contributed by atoms with Crippen molar-refractivity contribution in [3.8, 4) is 0 Å². The number of anilines is 1. The summed E-state index contributed by atoms with van der Waals surface area (Å²) in [5, 5.41) is 15.6. The number of hydrogen-bond donors (Lipinski definition) is 0. The lowest BCUT2D eigenvalue weighted by atomic mass is 10.2. The quantitative estimate of drug-likeness (QED) is 0.761.